The van der Waals surface area contributed by atoms with Crippen LogP contribution in [0.2, 0.25) is 0 Å². The minimum absolute atomic E-state index is 0.0694. The molecule has 0 radical (unpaired) electrons. The number of amides is 1. The predicted octanol–water partition coefficient (Wildman–Crippen LogP) is 1.61. The molecular formula is C16H27N3O2. The van der Waals surface area contributed by atoms with Crippen molar-refractivity contribution in [2.24, 2.45) is 5.92 Å². The van der Waals surface area contributed by atoms with Gasteiger partial charge in [0.2, 0.25) is 5.91 Å². The summed E-state index contributed by atoms with van der Waals surface area (Å²) in [5, 5.41) is 6.35. The quantitative estimate of drug-likeness (QED) is 0.802. The van der Waals surface area contributed by atoms with Gasteiger partial charge in [-0.2, -0.15) is 0 Å². The van der Waals surface area contributed by atoms with Crippen molar-refractivity contribution in [1.29, 1.82) is 0 Å². The fourth-order valence-corrected chi connectivity index (χ4v) is 2.79. The minimum atomic E-state index is -0.0694. The number of hydrogen-bond donors (Lipinski definition) is 2. The molecule has 1 aromatic heterocycles. The molecule has 2 rings (SSSR count). The molecule has 1 fully saturated rings. The van der Waals surface area contributed by atoms with Gasteiger partial charge >= 0.3 is 0 Å². The third-order valence-electron chi connectivity index (χ3n) is 4.28. The molecule has 0 saturated carbocycles. The fourth-order valence-electron chi connectivity index (χ4n) is 2.79. The van der Waals surface area contributed by atoms with E-state index in [-0.39, 0.29) is 11.9 Å². The maximum Gasteiger partial charge on any atom is 0.237 e. The molecule has 1 saturated heterocycles. The van der Waals surface area contributed by atoms with Gasteiger partial charge in [0.25, 0.3) is 0 Å². The summed E-state index contributed by atoms with van der Waals surface area (Å²) in [7, 11) is 0. The lowest BCUT2D eigenvalue weighted by Gasteiger charge is -2.35. The van der Waals surface area contributed by atoms with Crippen LogP contribution < -0.4 is 10.6 Å². The third kappa shape index (κ3) is 4.86. The van der Waals surface area contributed by atoms with Crippen LogP contribution in [0.5, 0.6) is 0 Å². The van der Waals surface area contributed by atoms with E-state index in [4.69, 9.17) is 4.42 Å². The lowest BCUT2D eigenvalue weighted by atomic mass is 9.95. The highest BCUT2D eigenvalue weighted by atomic mass is 16.3. The van der Waals surface area contributed by atoms with Crippen LogP contribution in [0.15, 0.2) is 22.8 Å². The summed E-state index contributed by atoms with van der Waals surface area (Å²) in [5.74, 6) is 1.62. The normalized spacial score (nSPS) is 18.6. The molecule has 1 aliphatic rings. The van der Waals surface area contributed by atoms with Gasteiger partial charge in [-0.05, 0) is 64.0 Å². The zero-order chi connectivity index (χ0) is 15.1. The zero-order valence-electron chi connectivity index (χ0n) is 13.1. The highest BCUT2D eigenvalue weighted by molar-refractivity contribution is 5.81. The van der Waals surface area contributed by atoms with Crippen LogP contribution in [-0.2, 0) is 11.3 Å². The molecule has 5 nitrogen and oxygen atoms in total. The number of likely N-dealkylation sites (tertiary alicyclic amines) is 1. The Balaban J connectivity index is 1.70. The Morgan fingerprint density at radius 3 is 2.86 bits per heavy atom. The number of hydrogen-bond acceptors (Lipinski definition) is 4. The van der Waals surface area contributed by atoms with Gasteiger partial charge in [0.1, 0.15) is 5.76 Å². The zero-order valence-corrected chi connectivity index (χ0v) is 13.1. The summed E-state index contributed by atoms with van der Waals surface area (Å²) in [6.45, 7) is 8.74. The number of rotatable bonds is 7. The van der Waals surface area contributed by atoms with Gasteiger partial charge in [0, 0.05) is 0 Å². The average molecular weight is 293 g/mol. The summed E-state index contributed by atoms with van der Waals surface area (Å²) < 4.78 is 5.23. The van der Waals surface area contributed by atoms with E-state index < -0.39 is 0 Å². The molecule has 0 bridgehead atoms. The molecule has 2 heterocycles. The van der Waals surface area contributed by atoms with E-state index >= 15 is 0 Å². The molecule has 0 spiro atoms. The van der Waals surface area contributed by atoms with Crippen LogP contribution >= 0.6 is 0 Å². The molecule has 21 heavy (non-hydrogen) atoms. The lowest BCUT2D eigenvalue weighted by Crippen LogP contribution is -2.48. The van der Waals surface area contributed by atoms with E-state index in [1.807, 2.05) is 19.1 Å². The summed E-state index contributed by atoms with van der Waals surface area (Å²) in [6.07, 6.45) is 3.96. The van der Waals surface area contributed by atoms with Gasteiger partial charge in [0.15, 0.2) is 0 Å². The van der Waals surface area contributed by atoms with Crippen LogP contribution in [-0.4, -0.2) is 43.0 Å². The van der Waals surface area contributed by atoms with Crippen LogP contribution in [0.4, 0.5) is 0 Å². The first-order valence-corrected chi connectivity index (χ1v) is 7.95. The second-order valence-electron chi connectivity index (χ2n) is 5.76. The highest BCUT2D eigenvalue weighted by Crippen LogP contribution is 2.18. The number of piperidine rings is 1. The second kappa shape index (κ2) is 8.20. The Morgan fingerprint density at radius 1 is 1.48 bits per heavy atom. The number of carbonyl (C=O) groups is 1. The first kappa shape index (κ1) is 16.0. The highest BCUT2D eigenvalue weighted by Gasteiger charge is 2.26. The molecule has 1 aromatic rings. The minimum Gasteiger partial charge on any atom is -0.467 e. The SMILES string of the molecule is CCNCC1CCN(C(C)C(=O)NCc2ccco2)CC1. The molecule has 1 amide bonds. The van der Waals surface area contributed by atoms with Crippen LogP contribution in [0, 0.1) is 5.92 Å². The summed E-state index contributed by atoms with van der Waals surface area (Å²) in [5.41, 5.74) is 0. The Kier molecular flexibility index (Phi) is 6.26. The summed E-state index contributed by atoms with van der Waals surface area (Å²) >= 11 is 0. The lowest BCUT2D eigenvalue weighted by molar-refractivity contribution is -0.126. The smallest absolute Gasteiger partial charge is 0.237 e. The van der Waals surface area contributed by atoms with Crippen LogP contribution in [0.1, 0.15) is 32.4 Å². The van der Waals surface area contributed by atoms with E-state index in [1.165, 1.54) is 12.8 Å². The van der Waals surface area contributed by atoms with Gasteiger partial charge in [-0.3, -0.25) is 9.69 Å². The molecule has 1 atom stereocenters. The fraction of sp³-hybridized carbons (Fsp3) is 0.688. The standard InChI is InChI=1S/C16H27N3O2/c1-3-17-11-14-6-8-19(9-7-14)13(2)16(20)18-12-15-5-4-10-21-15/h4-5,10,13-14,17H,3,6-9,11-12H2,1-2H3,(H,18,20). The van der Waals surface area contributed by atoms with Crippen molar-refractivity contribution in [3.63, 3.8) is 0 Å². The maximum absolute atomic E-state index is 12.2. The molecule has 0 aromatic carbocycles. The van der Waals surface area contributed by atoms with Gasteiger partial charge in [0.05, 0.1) is 18.8 Å². The molecule has 5 heteroatoms. The van der Waals surface area contributed by atoms with Crippen molar-refractivity contribution in [2.75, 3.05) is 26.2 Å². The number of carbonyl (C=O) groups excluding carboxylic acids is 1. The van der Waals surface area contributed by atoms with E-state index in [0.717, 1.165) is 37.9 Å². The number of nitrogens with zero attached hydrogens (tertiary/aromatic N) is 1. The Bertz CT molecular complexity index is 411. The van der Waals surface area contributed by atoms with Crippen LogP contribution in [0.25, 0.3) is 0 Å². The third-order valence-corrected chi connectivity index (χ3v) is 4.28. The number of furan rings is 1. The van der Waals surface area contributed by atoms with Gasteiger partial charge < -0.3 is 15.1 Å². The van der Waals surface area contributed by atoms with E-state index in [2.05, 4.69) is 22.5 Å². The monoisotopic (exact) mass is 293 g/mol. The Morgan fingerprint density at radius 2 is 2.24 bits per heavy atom. The Labute approximate surface area is 127 Å². The van der Waals surface area contributed by atoms with Crippen molar-refractivity contribution >= 4 is 5.91 Å². The van der Waals surface area contributed by atoms with Gasteiger partial charge in [-0.1, -0.05) is 6.92 Å². The van der Waals surface area contributed by atoms with Crippen molar-refractivity contribution in [3.8, 4) is 0 Å². The van der Waals surface area contributed by atoms with Gasteiger partial charge in [-0.15, -0.1) is 0 Å². The molecule has 2 N–H and O–H groups in total. The summed E-state index contributed by atoms with van der Waals surface area (Å²) in [4.78, 5) is 14.5. The summed E-state index contributed by atoms with van der Waals surface area (Å²) in [6, 6.07) is 3.64. The molecule has 1 aliphatic heterocycles. The van der Waals surface area contributed by atoms with E-state index in [9.17, 15) is 4.79 Å². The maximum atomic E-state index is 12.2. The second-order valence-corrected chi connectivity index (χ2v) is 5.76. The Hall–Kier alpha value is -1.33. The van der Waals surface area contributed by atoms with Gasteiger partial charge in [-0.25, -0.2) is 0 Å². The topological polar surface area (TPSA) is 57.5 Å². The van der Waals surface area contributed by atoms with Crippen molar-refractivity contribution in [1.82, 2.24) is 15.5 Å². The van der Waals surface area contributed by atoms with E-state index in [1.54, 1.807) is 6.26 Å². The van der Waals surface area contributed by atoms with Crippen molar-refractivity contribution in [3.05, 3.63) is 24.2 Å². The van der Waals surface area contributed by atoms with Crippen molar-refractivity contribution in [2.45, 2.75) is 39.3 Å². The van der Waals surface area contributed by atoms with Crippen molar-refractivity contribution < 1.29 is 9.21 Å². The predicted molar refractivity (Wildman–Crippen MR) is 82.9 cm³/mol. The van der Waals surface area contributed by atoms with Crippen LogP contribution in [0.3, 0.4) is 0 Å². The molecular weight excluding hydrogens is 266 g/mol. The molecule has 118 valence electrons. The average Bonchev–Trinajstić information content (AvgIpc) is 3.04. The first-order valence-electron chi connectivity index (χ1n) is 7.95. The molecule has 1 unspecified atom stereocenters. The number of nitrogens with one attached hydrogen (secondary N) is 2. The first-order chi connectivity index (χ1) is 10.2. The molecule has 0 aliphatic carbocycles. The largest absolute Gasteiger partial charge is 0.467 e. The van der Waals surface area contributed by atoms with E-state index in [0.29, 0.717) is 6.54 Å².